The first-order valence-electron chi connectivity index (χ1n) is 5.62. The zero-order valence-corrected chi connectivity index (χ0v) is 11.1. The molecule has 1 amide bonds. The molecule has 0 saturated carbocycles. The number of carboxylic acid groups (broad SMARTS) is 1. The second kappa shape index (κ2) is 5.32. The first-order valence-corrected chi connectivity index (χ1v) is 5.62. The molecule has 0 spiro atoms. The van der Waals surface area contributed by atoms with Crippen LogP contribution in [0.1, 0.15) is 48.0 Å². The topological polar surface area (TPSA) is 57.6 Å². The molecule has 16 heavy (non-hydrogen) atoms. The van der Waals surface area contributed by atoms with E-state index in [9.17, 15) is 9.59 Å². The summed E-state index contributed by atoms with van der Waals surface area (Å²) >= 11 is 0. The van der Waals surface area contributed by atoms with Gasteiger partial charge < -0.3 is 5.11 Å². The van der Waals surface area contributed by atoms with E-state index in [1.165, 1.54) is 4.90 Å². The zero-order valence-electron chi connectivity index (χ0n) is 11.1. The highest BCUT2D eigenvalue weighted by Crippen LogP contribution is 2.19. The van der Waals surface area contributed by atoms with E-state index in [1.807, 2.05) is 13.8 Å². The van der Waals surface area contributed by atoms with E-state index in [2.05, 4.69) is 0 Å². The average Bonchev–Trinajstić information content (AvgIpc) is 1.98. The Labute approximate surface area is 97.6 Å². The zero-order chi connectivity index (χ0) is 13.1. The molecule has 0 aliphatic rings. The lowest BCUT2D eigenvalue weighted by molar-refractivity contribution is -0.125. The quantitative estimate of drug-likeness (QED) is 0.806. The minimum Gasteiger partial charge on any atom is -0.465 e. The van der Waals surface area contributed by atoms with Gasteiger partial charge in [0.05, 0.1) is 6.04 Å². The SMILES string of the molecule is CC(C)CC(=O)[C@H](C)N(C(=O)O)C(C)(C)C. The summed E-state index contributed by atoms with van der Waals surface area (Å²) in [4.78, 5) is 24.2. The largest absolute Gasteiger partial charge is 0.465 e. The third kappa shape index (κ3) is 4.21. The molecule has 0 radical (unpaired) electrons. The summed E-state index contributed by atoms with van der Waals surface area (Å²) in [6, 6.07) is -0.583. The maximum absolute atomic E-state index is 11.8. The van der Waals surface area contributed by atoms with Crippen LogP contribution in [0.25, 0.3) is 0 Å². The molecule has 0 aromatic heterocycles. The van der Waals surface area contributed by atoms with Gasteiger partial charge in [0.25, 0.3) is 0 Å². The highest BCUT2D eigenvalue weighted by molar-refractivity contribution is 5.87. The van der Waals surface area contributed by atoms with Crippen molar-refractivity contribution < 1.29 is 14.7 Å². The molecule has 0 aliphatic heterocycles. The normalized spacial score (nSPS) is 13.7. The van der Waals surface area contributed by atoms with Crippen molar-refractivity contribution in [3.63, 3.8) is 0 Å². The number of carbonyl (C=O) groups excluding carboxylic acids is 1. The van der Waals surface area contributed by atoms with Crippen LogP contribution >= 0.6 is 0 Å². The van der Waals surface area contributed by atoms with Crippen molar-refractivity contribution in [3.05, 3.63) is 0 Å². The Hall–Kier alpha value is -1.06. The summed E-state index contributed by atoms with van der Waals surface area (Å²) < 4.78 is 0. The molecule has 0 unspecified atom stereocenters. The van der Waals surface area contributed by atoms with Gasteiger partial charge in [0.1, 0.15) is 0 Å². The number of Topliss-reactive ketones (excluding diaryl/α,β-unsaturated/α-hetero) is 1. The van der Waals surface area contributed by atoms with Crippen LogP contribution in [0.15, 0.2) is 0 Å². The van der Waals surface area contributed by atoms with Crippen molar-refractivity contribution in [1.29, 1.82) is 0 Å². The number of amides is 1. The van der Waals surface area contributed by atoms with Crippen LogP contribution in [0.4, 0.5) is 4.79 Å². The summed E-state index contributed by atoms with van der Waals surface area (Å²) in [5.41, 5.74) is -0.558. The van der Waals surface area contributed by atoms with Gasteiger partial charge in [-0.1, -0.05) is 13.8 Å². The Morgan fingerprint density at radius 3 is 1.88 bits per heavy atom. The fourth-order valence-electron chi connectivity index (χ4n) is 1.75. The van der Waals surface area contributed by atoms with E-state index in [-0.39, 0.29) is 11.7 Å². The van der Waals surface area contributed by atoms with Crippen LogP contribution in [0.3, 0.4) is 0 Å². The fraction of sp³-hybridized carbons (Fsp3) is 0.833. The summed E-state index contributed by atoms with van der Waals surface area (Å²) in [6.45, 7) is 10.9. The van der Waals surface area contributed by atoms with Crippen LogP contribution in [-0.4, -0.2) is 33.5 Å². The van der Waals surface area contributed by atoms with Gasteiger partial charge in [-0.25, -0.2) is 4.79 Å². The van der Waals surface area contributed by atoms with Gasteiger partial charge in [-0.15, -0.1) is 0 Å². The Balaban J connectivity index is 4.83. The smallest absolute Gasteiger partial charge is 0.408 e. The van der Waals surface area contributed by atoms with Gasteiger partial charge in [0.15, 0.2) is 5.78 Å². The van der Waals surface area contributed by atoms with Gasteiger partial charge in [0, 0.05) is 12.0 Å². The molecule has 0 aromatic rings. The minimum atomic E-state index is -1.04. The van der Waals surface area contributed by atoms with Crippen molar-refractivity contribution in [1.82, 2.24) is 4.90 Å². The van der Waals surface area contributed by atoms with Gasteiger partial charge in [-0.2, -0.15) is 0 Å². The molecular weight excluding hydrogens is 206 g/mol. The maximum Gasteiger partial charge on any atom is 0.408 e. The summed E-state index contributed by atoms with van der Waals surface area (Å²) in [5, 5.41) is 9.14. The van der Waals surface area contributed by atoms with Crippen molar-refractivity contribution in [2.24, 2.45) is 5.92 Å². The second-order valence-electron chi connectivity index (χ2n) is 5.56. The highest BCUT2D eigenvalue weighted by Gasteiger charge is 2.34. The average molecular weight is 229 g/mol. The van der Waals surface area contributed by atoms with Crippen LogP contribution in [0.5, 0.6) is 0 Å². The standard InChI is InChI=1S/C12H23NO3/c1-8(2)7-10(14)9(3)13(11(15)16)12(4,5)6/h8-9H,7H2,1-6H3,(H,15,16)/t9-/m0/s1. The predicted octanol–water partition coefficient (Wildman–Crippen LogP) is 2.77. The molecule has 0 saturated heterocycles. The van der Waals surface area contributed by atoms with E-state index < -0.39 is 17.7 Å². The van der Waals surface area contributed by atoms with Gasteiger partial charge in [0.2, 0.25) is 0 Å². The molecule has 0 heterocycles. The van der Waals surface area contributed by atoms with Gasteiger partial charge in [-0.3, -0.25) is 9.69 Å². The van der Waals surface area contributed by atoms with Crippen LogP contribution in [-0.2, 0) is 4.79 Å². The molecule has 0 fully saturated rings. The molecular formula is C12H23NO3. The summed E-state index contributed by atoms with van der Waals surface area (Å²) in [7, 11) is 0. The van der Waals surface area contributed by atoms with Crippen molar-refractivity contribution in [2.75, 3.05) is 0 Å². The van der Waals surface area contributed by atoms with Crippen molar-refractivity contribution in [3.8, 4) is 0 Å². The van der Waals surface area contributed by atoms with Crippen LogP contribution in [0.2, 0.25) is 0 Å². The molecule has 0 rings (SSSR count). The van der Waals surface area contributed by atoms with Gasteiger partial charge in [-0.05, 0) is 33.6 Å². The summed E-state index contributed by atoms with van der Waals surface area (Å²) in [6.07, 6.45) is -0.627. The van der Waals surface area contributed by atoms with E-state index >= 15 is 0 Å². The minimum absolute atomic E-state index is 0.0210. The number of ketones is 1. The van der Waals surface area contributed by atoms with E-state index in [1.54, 1.807) is 27.7 Å². The number of nitrogens with zero attached hydrogens (tertiary/aromatic N) is 1. The Kier molecular flexibility index (Phi) is 4.97. The van der Waals surface area contributed by atoms with Crippen LogP contribution in [0, 0.1) is 5.92 Å². The maximum atomic E-state index is 11.8. The third-order valence-electron chi connectivity index (χ3n) is 2.39. The molecule has 94 valence electrons. The Bertz CT molecular complexity index is 266. The van der Waals surface area contributed by atoms with Crippen molar-refractivity contribution in [2.45, 2.75) is 59.5 Å². The number of carbonyl (C=O) groups is 2. The molecule has 0 aromatic carbocycles. The molecule has 4 heteroatoms. The highest BCUT2D eigenvalue weighted by atomic mass is 16.4. The lowest BCUT2D eigenvalue weighted by atomic mass is 9.97. The number of hydrogen-bond donors (Lipinski definition) is 1. The predicted molar refractivity (Wildman–Crippen MR) is 63.5 cm³/mol. The van der Waals surface area contributed by atoms with E-state index in [0.29, 0.717) is 6.42 Å². The fourth-order valence-corrected chi connectivity index (χ4v) is 1.75. The van der Waals surface area contributed by atoms with Crippen LogP contribution < -0.4 is 0 Å². The Morgan fingerprint density at radius 2 is 1.62 bits per heavy atom. The van der Waals surface area contributed by atoms with E-state index in [4.69, 9.17) is 5.11 Å². The molecule has 4 nitrogen and oxygen atoms in total. The molecule has 1 N–H and O–H groups in total. The first-order chi connectivity index (χ1) is 7.07. The molecule has 0 bridgehead atoms. The first kappa shape index (κ1) is 14.9. The summed E-state index contributed by atoms with van der Waals surface area (Å²) in [5.74, 6) is 0.234. The molecule has 1 atom stereocenters. The number of hydrogen-bond acceptors (Lipinski definition) is 2. The van der Waals surface area contributed by atoms with E-state index in [0.717, 1.165) is 0 Å². The molecule has 0 aliphatic carbocycles. The van der Waals surface area contributed by atoms with Crippen molar-refractivity contribution >= 4 is 11.9 Å². The number of rotatable bonds is 4. The lowest BCUT2D eigenvalue weighted by Gasteiger charge is -2.37. The third-order valence-corrected chi connectivity index (χ3v) is 2.39. The Morgan fingerprint density at radius 1 is 1.19 bits per heavy atom. The lowest BCUT2D eigenvalue weighted by Crippen LogP contribution is -2.53. The monoisotopic (exact) mass is 229 g/mol. The van der Waals surface area contributed by atoms with Gasteiger partial charge >= 0.3 is 6.09 Å². The second-order valence-corrected chi connectivity index (χ2v) is 5.56.